The average molecular weight is 419 g/mol. The van der Waals surface area contributed by atoms with E-state index in [2.05, 4.69) is 15.4 Å². The van der Waals surface area contributed by atoms with Gasteiger partial charge in [-0.2, -0.15) is 9.78 Å². The van der Waals surface area contributed by atoms with Crippen LogP contribution in [0.4, 0.5) is 11.5 Å². The number of anilines is 1. The van der Waals surface area contributed by atoms with Crippen LogP contribution >= 0.6 is 11.3 Å². The first-order valence-electron chi connectivity index (χ1n) is 9.06. The minimum absolute atomic E-state index is 0.144. The van der Waals surface area contributed by atoms with E-state index in [1.807, 2.05) is 43.5 Å². The maximum atomic E-state index is 12.6. The van der Waals surface area contributed by atoms with E-state index in [1.165, 1.54) is 41.2 Å². The number of amides is 1. The second-order valence-corrected chi connectivity index (χ2v) is 7.56. The van der Waals surface area contributed by atoms with Gasteiger partial charge in [-0.05, 0) is 19.9 Å². The third-order valence-corrected chi connectivity index (χ3v) is 5.23. The van der Waals surface area contributed by atoms with E-state index in [0.717, 1.165) is 11.3 Å². The molecule has 2 aromatic heterocycles. The molecule has 0 fully saturated rings. The Labute approximate surface area is 176 Å². The molecule has 0 aliphatic carbocycles. The Morgan fingerprint density at radius 2 is 1.90 bits per heavy atom. The second-order valence-electron chi connectivity index (χ2n) is 6.73. The van der Waals surface area contributed by atoms with E-state index >= 15 is 0 Å². The highest BCUT2D eigenvalue weighted by atomic mass is 32.1. The number of rotatable bonds is 5. The second kappa shape index (κ2) is 7.88. The first kappa shape index (κ1) is 19.5. The van der Waals surface area contributed by atoms with Crippen molar-refractivity contribution in [3.63, 3.8) is 0 Å². The summed E-state index contributed by atoms with van der Waals surface area (Å²) in [6.45, 7) is 3.84. The van der Waals surface area contributed by atoms with E-state index in [9.17, 15) is 14.9 Å². The van der Waals surface area contributed by atoms with E-state index in [-0.39, 0.29) is 11.3 Å². The largest absolute Gasteiger partial charge is 0.306 e. The highest BCUT2D eigenvalue weighted by Gasteiger charge is 2.17. The Hall–Kier alpha value is -3.85. The fourth-order valence-electron chi connectivity index (χ4n) is 2.90. The van der Waals surface area contributed by atoms with Crippen molar-refractivity contribution in [3.8, 4) is 16.4 Å². The Kier molecular flexibility index (Phi) is 5.11. The molecule has 4 rings (SSSR count). The van der Waals surface area contributed by atoms with Crippen LogP contribution in [-0.4, -0.2) is 25.6 Å². The van der Waals surface area contributed by atoms with Crippen LogP contribution in [0.25, 0.3) is 16.4 Å². The Morgan fingerprint density at radius 1 is 1.13 bits per heavy atom. The van der Waals surface area contributed by atoms with E-state index in [4.69, 9.17) is 0 Å². The molecule has 0 aliphatic rings. The molecule has 0 radical (unpaired) electrons. The maximum Gasteiger partial charge on any atom is 0.270 e. The molecule has 30 heavy (non-hydrogen) atoms. The number of benzene rings is 2. The average Bonchev–Trinajstić information content (AvgIpc) is 3.35. The van der Waals surface area contributed by atoms with Gasteiger partial charge in [0.15, 0.2) is 0 Å². The number of carbonyl (C=O) groups excluding carboxylic acids is 1. The SMILES string of the molecule is Cc1ccc(-c2csc(-n3nc(C)cc3NC(=O)c3cccc([N+](=O)[O-])c3)n2)cc1. The summed E-state index contributed by atoms with van der Waals surface area (Å²) in [5, 5.41) is 20.7. The van der Waals surface area contributed by atoms with Crippen LogP contribution in [0.15, 0.2) is 60.0 Å². The van der Waals surface area contributed by atoms with Crippen molar-refractivity contribution in [3.05, 3.63) is 86.9 Å². The number of aromatic nitrogens is 3. The molecule has 0 unspecified atom stereocenters. The zero-order chi connectivity index (χ0) is 21.3. The van der Waals surface area contributed by atoms with Crippen LogP contribution in [-0.2, 0) is 0 Å². The summed E-state index contributed by atoms with van der Waals surface area (Å²) < 4.78 is 1.56. The fraction of sp³-hybridized carbons (Fsp3) is 0.0952. The summed E-state index contributed by atoms with van der Waals surface area (Å²) in [6.07, 6.45) is 0. The van der Waals surface area contributed by atoms with Crippen LogP contribution in [0.1, 0.15) is 21.6 Å². The molecule has 1 N–H and O–H groups in total. The molecule has 9 heteroatoms. The molecule has 4 aromatic rings. The quantitative estimate of drug-likeness (QED) is 0.371. The van der Waals surface area contributed by atoms with Gasteiger partial charge >= 0.3 is 0 Å². The minimum Gasteiger partial charge on any atom is -0.306 e. The van der Waals surface area contributed by atoms with Gasteiger partial charge in [0.05, 0.1) is 16.3 Å². The van der Waals surface area contributed by atoms with Gasteiger partial charge in [-0.3, -0.25) is 14.9 Å². The van der Waals surface area contributed by atoms with Crippen LogP contribution in [0.5, 0.6) is 0 Å². The lowest BCUT2D eigenvalue weighted by Crippen LogP contribution is -2.15. The monoisotopic (exact) mass is 419 g/mol. The summed E-state index contributed by atoms with van der Waals surface area (Å²) in [4.78, 5) is 27.7. The minimum atomic E-state index is -0.534. The zero-order valence-electron chi connectivity index (χ0n) is 16.2. The number of non-ortho nitro benzene ring substituents is 1. The van der Waals surface area contributed by atoms with Crippen LogP contribution in [0.2, 0.25) is 0 Å². The Morgan fingerprint density at radius 3 is 2.63 bits per heavy atom. The van der Waals surface area contributed by atoms with Gasteiger partial charge in [0.2, 0.25) is 5.13 Å². The molecule has 0 atom stereocenters. The van der Waals surface area contributed by atoms with Crippen LogP contribution in [0.3, 0.4) is 0 Å². The smallest absolute Gasteiger partial charge is 0.270 e. The van der Waals surface area contributed by atoms with Gasteiger partial charge < -0.3 is 5.32 Å². The molecule has 2 heterocycles. The van der Waals surface area contributed by atoms with Gasteiger partial charge in [-0.15, -0.1) is 11.3 Å². The van der Waals surface area contributed by atoms with Crippen molar-refractivity contribution in [2.75, 3.05) is 5.32 Å². The number of thiazole rings is 1. The van der Waals surface area contributed by atoms with Crippen molar-refractivity contribution in [2.24, 2.45) is 0 Å². The summed E-state index contributed by atoms with van der Waals surface area (Å²) >= 11 is 1.41. The molecule has 0 aliphatic heterocycles. The standard InChI is InChI=1S/C21H17N5O3S/c1-13-6-8-15(9-7-13)18-12-30-21(22-18)25-19(10-14(2)24-25)23-20(27)16-4-3-5-17(11-16)26(28)29/h3-12H,1-2H3,(H,23,27). The van der Waals surface area contributed by atoms with E-state index < -0.39 is 10.8 Å². The first-order valence-corrected chi connectivity index (χ1v) is 9.94. The summed E-state index contributed by atoms with van der Waals surface area (Å²) in [5.41, 5.74) is 3.73. The number of aryl methyl sites for hydroxylation is 2. The van der Waals surface area contributed by atoms with Crippen molar-refractivity contribution >= 4 is 28.7 Å². The number of hydrogen-bond donors (Lipinski definition) is 1. The Balaban J connectivity index is 1.62. The molecule has 8 nitrogen and oxygen atoms in total. The lowest BCUT2D eigenvalue weighted by molar-refractivity contribution is -0.384. The van der Waals surface area contributed by atoms with Crippen molar-refractivity contribution in [1.29, 1.82) is 0 Å². The maximum absolute atomic E-state index is 12.6. The molecule has 2 aromatic carbocycles. The number of nitro benzene ring substituents is 1. The molecule has 0 bridgehead atoms. The lowest BCUT2D eigenvalue weighted by Gasteiger charge is -2.06. The number of nitrogens with zero attached hydrogens (tertiary/aromatic N) is 4. The van der Waals surface area contributed by atoms with Crippen LogP contribution in [0, 0.1) is 24.0 Å². The fourth-order valence-corrected chi connectivity index (χ4v) is 3.70. The third-order valence-electron chi connectivity index (χ3n) is 4.41. The summed E-state index contributed by atoms with van der Waals surface area (Å²) in [6, 6.07) is 15.4. The van der Waals surface area contributed by atoms with Gasteiger partial charge in [0, 0.05) is 34.7 Å². The summed E-state index contributed by atoms with van der Waals surface area (Å²) in [7, 11) is 0. The Bertz CT molecular complexity index is 1240. The number of hydrogen-bond acceptors (Lipinski definition) is 6. The van der Waals surface area contributed by atoms with E-state index in [0.29, 0.717) is 16.6 Å². The molecule has 0 saturated carbocycles. The third kappa shape index (κ3) is 3.96. The molecular weight excluding hydrogens is 402 g/mol. The topological polar surface area (TPSA) is 103 Å². The molecule has 1 amide bonds. The number of nitrogens with one attached hydrogen (secondary N) is 1. The first-order chi connectivity index (χ1) is 14.4. The van der Waals surface area contributed by atoms with Crippen molar-refractivity contribution < 1.29 is 9.72 Å². The van der Waals surface area contributed by atoms with Crippen LogP contribution < -0.4 is 5.32 Å². The van der Waals surface area contributed by atoms with Gasteiger partial charge in [-0.1, -0.05) is 35.9 Å². The van der Waals surface area contributed by atoms with Gasteiger partial charge in [0.25, 0.3) is 11.6 Å². The van der Waals surface area contributed by atoms with Gasteiger partial charge in [0.1, 0.15) is 5.82 Å². The normalized spacial score (nSPS) is 10.7. The van der Waals surface area contributed by atoms with E-state index in [1.54, 1.807) is 10.7 Å². The highest BCUT2D eigenvalue weighted by molar-refractivity contribution is 7.12. The zero-order valence-corrected chi connectivity index (χ0v) is 17.0. The molecule has 0 spiro atoms. The van der Waals surface area contributed by atoms with Crippen molar-refractivity contribution in [2.45, 2.75) is 13.8 Å². The summed E-state index contributed by atoms with van der Waals surface area (Å²) in [5.74, 6) is -0.0241. The molecular formula is C21H17N5O3S. The highest BCUT2D eigenvalue weighted by Crippen LogP contribution is 2.27. The lowest BCUT2D eigenvalue weighted by atomic mass is 10.1. The predicted octanol–water partition coefficient (Wildman–Crippen LogP) is 4.77. The number of nitro groups is 1. The molecule has 0 saturated heterocycles. The molecule has 150 valence electrons. The number of carbonyl (C=O) groups is 1. The van der Waals surface area contributed by atoms with Gasteiger partial charge in [-0.25, -0.2) is 4.98 Å². The predicted molar refractivity (Wildman–Crippen MR) is 115 cm³/mol. The van der Waals surface area contributed by atoms with Crippen molar-refractivity contribution in [1.82, 2.24) is 14.8 Å².